The van der Waals surface area contributed by atoms with Crippen molar-refractivity contribution in [2.75, 3.05) is 44.8 Å². The number of pyridine rings is 2. The molecule has 0 aromatic carbocycles. The topological polar surface area (TPSA) is 58.6 Å². The van der Waals surface area contributed by atoms with Crippen molar-refractivity contribution >= 4 is 11.6 Å². The van der Waals surface area contributed by atoms with Gasteiger partial charge in [0.25, 0.3) is 5.91 Å². The molecule has 0 spiro atoms. The van der Waals surface area contributed by atoms with Gasteiger partial charge in [0.15, 0.2) is 0 Å². The summed E-state index contributed by atoms with van der Waals surface area (Å²) in [4.78, 5) is 25.0. The summed E-state index contributed by atoms with van der Waals surface area (Å²) in [6.07, 6.45) is 4.35. The fourth-order valence-corrected chi connectivity index (χ4v) is 2.66. The van der Waals surface area contributed by atoms with E-state index in [4.69, 9.17) is 4.74 Å². The Balaban J connectivity index is 1.64. The Kier molecular flexibility index (Phi) is 5.38. The number of ether oxygens (including phenoxy) is 1. The molecule has 1 fully saturated rings. The zero-order valence-corrected chi connectivity index (χ0v) is 13.9. The van der Waals surface area contributed by atoms with Crippen molar-refractivity contribution in [3.8, 4) is 0 Å². The molecule has 2 aromatic rings. The first-order valence-corrected chi connectivity index (χ1v) is 8.18. The third-order valence-electron chi connectivity index (χ3n) is 4.13. The second kappa shape index (κ2) is 7.88. The Labute approximate surface area is 142 Å². The molecule has 1 saturated heterocycles. The number of carbonyl (C=O) groups excluding carboxylic acids is 1. The van der Waals surface area contributed by atoms with Crippen LogP contribution in [0.2, 0.25) is 0 Å². The molecule has 1 aliphatic rings. The summed E-state index contributed by atoms with van der Waals surface area (Å²) in [7, 11) is 2.02. The summed E-state index contributed by atoms with van der Waals surface area (Å²) in [6.45, 7) is 3.26. The molecule has 1 amide bonds. The highest BCUT2D eigenvalue weighted by molar-refractivity contribution is 5.93. The first-order chi connectivity index (χ1) is 11.7. The van der Waals surface area contributed by atoms with E-state index < -0.39 is 0 Å². The third-order valence-corrected chi connectivity index (χ3v) is 4.13. The Hall–Kier alpha value is -2.47. The second-order valence-electron chi connectivity index (χ2n) is 5.80. The van der Waals surface area contributed by atoms with E-state index in [1.807, 2.05) is 37.4 Å². The molecule has 2 aromatic heterocycles. The summed E-state index contributed by atoms with van der Waals surface area (Å²) in [5.74, 6) is -0.0294. The minimum Gasteiger partial charge on any atom is -0.378 e. The molecule has 3 heterocycles. The van der Waals surface area contributed by atoms with Crippen molar-refractivity contribution < 1.29 is 9.53 Å². The van der Waals surface area contributed by atoms with Crippen LogP contribution < -0.4 is 4.90 Å². The predicted molar refractivity (Wildman–Crippen MR) is 92.2 cm³/mol. The summed E-state index contributed by atoms with van der Waals surface area (Å²) in [6, 6.07) is 9.71. The van der Waals surface area contributed by atoms with Gasteiger partial charge in [-0.05, 0) is 24.3 Å². The number of morpholine rings is 1. The van der Waals surface area contributed by atoms with Crippen molar-refractivity contribution in [3.05, 3.63) is 54.1 Å². The van der Waals surface area contributed by atoms with Crippen LogP contribution in [0.3, 0.4) is 0 Å². The highest BCUT2D eigenvalue weighted by Gasteiger charge is 2.20. The van der Waals surface area contributed by atoms with Crippen molar-refractivity contribution in [2.45, 2.75) is 6.42 Å². The van der Waals surface area contributed by atoms with Gasteiger partial charge in [0.2, 0.25) is 0 Å². The monoisotopic (exact) mass is 326 g/mol. The number of hydrogen-bond acceptors (Lipinski definition) is 5. The molecule has 0 unspecified atom stereocenters. The molecule has 0 saturated carbocycles. The molecule has 0 radical (unpaired) electrons. The van der Waals surface area contributed by atoms with Gasteiger partial charge in [0, 0.05) is 56.9 Å². The number of likely N-dealkylation sites (N-methyl/N-ethyl adjacent to an activating group) is 1. The van der Waals surface area contributed by atoms with E-state index in [1.54, 1.807) is 17.3 Å². The van der Waals surface area contributed by atoms with Crippen molar-refractivity contribution in [1.29, 1.82) is 0 Å². The van der Waals surface area contributed by atoms with Gasteiger partial charge in [-0.2, -0.15) is 0 Å². The molecule has 24 heavy (non-hydrogen) atoms. The highest BCUT2D eigenvalue weighted by Crippen LogP contribution is 2.15. The maximum Gasteiger partial charge on any atom is 0.272 e. The zero-order chi connectivity index (χ0) is 16.8. The molecular weight excluding hydrogens is 304 g/mol. The third kappa shape index (κ3) is 4.08. The molecule has 0 aliphatic carbocycles. The standard InChI is InChI=1S/C18H22N4O2/c1-21(9-6-15-4-2-3-7-19-15)16-5-8-20-17(14-16)18(23)22-10-12-24-13-11-22/h2-5,7-8,14H,6,9-13H2,1H3. The van der Waals surface area contributed by atoms with Crippen molar-refractivity contribution in [3.63, 3.8) is 0 Å². The van der Waals surface area contributed by atoms with Gasteiger partial charge in [0.1, 0.15) is 5.69 Å². The molecule has 1 aliphatic heterocycles. The lowest BCUT2D eigenvalue weighted by atomic mass is 10.2. The number of nitrogens with zero attached hydrogens (tertiary/aromatic N) is 4. The van der Waals surface area contributed by atoms with Crippen LogP contribution in [0.4, 0.5) is 5.69 Å². The summed E-state index contributed by atoms with van der Waals surface area (Å²) < 4.78 is 5.29. The molecule has 0 atom stereocenters. The lowest BCUT2D eigenvalue weighted by Gasteiger charge is -2.27. The first-order valence-electron chi connectivity index (χ1n) is 8.18. The van der Waals surface area contributed by atoms with Crippen LogP contribution in [0.5, 0.6) is 0 Å². The second-order valence-corrected chi connectivity index (χ2v) is 5.80. The molecule has 6 heteroatoms. The number of carbonyl (C=O) groups is 1. The normalized spacial score (nSPS) is 14.5. The lowest BCUT2D eigenvalue weighted by molar-refractivity contribution is 0.0299. The molecule has 6 nitrogen and oxygen atoms in total. The number of anilines is 1. The van der Waals surface area contributed by atoms with Crippen molar-refractivity contribution in [1.82, 2.24) is 14.9 Å². The SMILES string of the molecule is CN(CCc1ccccn1)c1ccnc(C(=O)N2CCOCC2)c1. The number of hydrogen-bond donors (Lipinski definition) is 0. The maximum absolute atomic E-state index is 12.5. The zero-order valence-electron chi connectivity index (χ0n) is 13.9. The summed E-state index contributed by atoms with van der Waals surface area (Å²) in [5, 5.41) is 0. The van der Waals surface area contributed by atoms with E-state index >= 15 is 0 Å². The van der Waals surface area contributed by atoms with Gasteiger partial charge in [-0.3, -0.25) is 14.8 Å². The van der Waals surface area contributed by atoms with Gasteiger partial charge >= 0.3 is 0 Å². The molecule has 0 N–H and O–H groups in total. The van der Waals surface area contributed by atoms with Gasteiger partial charge in [0.05, 0.1) is 13.2 Å². The van der Waals surface area contributed by atoms with Crippen LogP contribution in [-0.2, 0) is 11.2 Å². The predicted octanol–water partition coefficient (Wildman–Crippen LogP) is 1.63. The minimum atomic E-state index is -0.0294. The Morgan fingerprint density at radius 1 is 1.21 bits per heavy atom. The molecule has 3 rings (SSSR count). The average Bonchev–Trinajstić information content (AvgIpc) is 2.67. The number of rotatable bonds is 5. The van der Waals surface area contributed by atoms with E-state index in [0.717, 1.165) is 24.3 Å². The van der Waals surface area contributed by atoms with Crippen LogP contribution >= 0.6 is 0 Å². The highest BCUT2D eigenvalue weighted by atomic mass is 16.5. The fourth-order valence-electron chi connectivity index (χ4n) is 2.66. The maximum atomic E-state index is 12.5. The Morgan fingerprint density at radius 2 is 2.04 bits per heavy atom. The fraction of sp³-hybridized carbons (Fsp3) is 0.389. The van der Waals surface area contributed by atoms with Gasteiger partial charge in [-0.25, -0.2) is 0 Å². The van der Waals surface area contributed by atoms with Crippen LogP contribution in [0.1, 0.15) is 16.2 Å². The molecule has 0 bridgehead atoms. The Morgan fingerprint density at radius 3 is 2.79 bits per heavy atom. The van der Waals surface area contributed by atoms with Gasteiger partial charge in [-0.15, -0.1) is 0 Å². The quantitative estimate of drug-likeness (QED) is 0.836. The van der Waals surface area contributed by atoms with Gasteiger partial charge in [-0.1, -0.05) is 6.07 Å². The number of aromatic nitrogens is 2. The Bertz CT molecular complexity index is 672. The van der Waals surface area contributed by atoms with Crippen molar-refractivity contribution in [2.24, 2.45) is 0 Å². The van der Waals surface area contributed by atoms with Crippen LogP contribution in [0.25, 0.3) is 0 Å². The van der Waals surface area contributed by atoms with Crippen LogP contribution in [0, 0.1) is 0 Å². The van der Waals surface area contributed by atoms with E-state index in [1.165, 1.54) is 0 Å². The van der Waals surface area contributed by atoms with Crippen LogP contribution in [-0.4, -0.2) is 60.7 Å². The smallest absolute Gasteiger partial charge is 0.272 e. The number of amides is 1. The van der Waals surface area contributed by atoms with Gasteiger partial charge < -0.3 is 14.5 Å². The summed E-state index contributed by atoms with van der Waals surface area (Å²) in [5.41, 5.74) is 2.53. The average molecular weight is 326 g/mol. The van der Waals surface area contributed by atoms with E-state index in [2.05, 4.69) is 14.9 Å². The van der Waals surface area contributed by atoms with E-state index in [0.29, 0.717) is 32.0 Å². The van der Waals surface area contributed by atoms with E-state index in [-0.39, 0.29) is 5.91 Å². The molecule has 126 valence electrons. The lowest BCUT2D eigenvalue weighted by Crippen LogP contribution is -2.41. The molecular formula is C18H22N4O2. The minimum absolute atomic E-state index is 0.0294. The first kappa shape index (κ1) is 16.4. The van der Waals surface area contributed by atoms with Crippen LogP contribution in [0.15, 0.2) is 42.7 Å². The van der Waals surface area contributed by atoms with E-state index in [9.17, 15) is 4.79 Å². The largest absolute Gasteiger partial charge is 0.378 e. The summed E-state index contributed by atoms with van der Waals surface area (Å²) >= 11 is 0.